The molecule has 0 aliphatic rings. The van der Waals surface area contributed by atoms with Gasteiger partial charge in [-0.2, -0.15) is 0 Å². The van der Waals surface area contributed by atoms with Crippen LogP contribution in [0.3, 0.4) is 0 Å². The van der Waals surface area contributed by atoms with Gasteiger partial charge < -0.3 is 0 Å². The largest absolute Gasteiger partial charge is 0.0731 e. The van der Waals surface area contributed by atoms with E-state index in [2.05, 4.69) is 69.7 Å². The molecule has 0 saturated carbocycles. The van der Waals surface area contributed by atoms with Gasteiger partial charge in [0.2, 0.25) is 0 Å². The van der Waals surface area contributed by atoms with E-state index in [4.69, 9.17) is 0 Å². The van der Waals surface area contributed by atoms with E-state index in [1.807, 2.05) is 0 Å². The summed E-state index contributed by atoms with van der Waals surface area (Å²) in [4.78, 5) is 0. The van der Waals surface area contributed by atoms with Crippen LogP contribution in [-0.2, 0) is 0 Å². The van der Waals surface area contributed by atoms with Crippen molar-refractivity contribution in [1.29, 1.82) is 0 Å². The van der Waals surface area contributed by atoms with Crippen LogP contribution in [0.2, 0.25) is 0 Å². The molecule has 0 unspecified atom stereocenters. The van der Waals surface area contributed by atoms with Crippen molar-refractivity contribution in [2.24, 2.45) is 0 Å². The van der Waals surface area contributed by atoms with Crippen molar-refractivity contribution < 1.29 is 0 Å². The van der Waals surface area contributed by atoms with Crippen LogP contribution in [0.25, 0.3) is 0 Å². The summed E-state index contributed by atoms with van der Waals surface area (Å²) in [7, 11) is 0. The van der Waals surface area contributed by atoms with Gasteiger partial charge in [0.25, 0.3) is 0 Å². The van der Waals surface area contributed by atoms with Crippen LogP contribution in [0, 0.1) is 27.2 Å². The Hall–Kier alpha value is -1.69. The molecule has 0 aliphatic carbocycles. The molecule has 0 heteroatoms. The summed E-state index contributed by atoms with van der Waals surface area (Å²) < 4.78 is 0. The van der Waals surface area contributed by atoms with E-state index in [-0.39, 0.29) is 0 Å². The van der Waals surface area contributed by atoms with Crippen molar-refractivity contribution >= 4 is 0 Å². The first-order valence-electron chi connectivity index (χ1n) is 5.63. The lowest BCUT2D eigenvalue weighted by atomic mass is 10.0. The van der Waals surface area contributed by atoms with E-state index >= 15 is 0 Å². The maximum Gasteiger partial charge on any atom is 0.0731 e. The lowest BCUT2D eigenvalue weighted by Crippen LogP contribution is -1.88. The standard InChI is InChI=1S/C16H17/c1-12-4-6-15(7-5-12)11-16-9-13(2)8-14(3)10-16/h4-11H,1-3H3/q+1. The van der Waals surface area contributed by atoms with Crippen LogP contribution in [0.4, 0.5) is 0 Å². The monoisotopic (exact) mass is 209 g/mol. The molecule has 0 saturated heterocycles. The van der Waals surface area contributed by atoms with E-state index < -0.39 is 0 Å². The third kappa shape index (κ3) is 2.66. The van der Waals surface area contributed by atoms with Crippen molar-refractivity contribution in [3.8, 4) is 0 Å². The maximum atomic E-state index is 2.22. The van der Waals surface area contributed by atoms with E-state index in [0.29, 0.717) is 0 Å². The fourth-order valence-electron chi connectivity index (χ4n) is 1.95. The van der Waals surface area contributed by atoms with Gasteiger partial charge in [-0.1, -0.05) is 0 Å². The highest BCUT2D eigenvalue weighted by Gasteiger charge is 2.04. The van der Waals surface area contributed by atoms with Crippen LogP contribution in [0.1, 0.15) is 27.8 Å². The number of benzene rings is 2. The van der Waals surface area contributed by atoms with Gasteiger partial charge in [-0.15, -0.1) is 0 Å². The molecule has 0 bridgehead atoms. The van der Waals surface area contributed by atoms with Gasteiger partial charge in [-0.25, -0.2) is 0 Å². The molecule has 80 valence electrons. The molecule has 0 aliphatic heterocycles. The minimum Gasteiger partial charge on any atom is -0.0406 e. The number of aryl methyl sites for hydroxylation is 3. The average molecular weight is 209 g/mol. The van der Waals surface area contributed by atoms with E-state index in [9.17, 15) is 0 Å². The summed E-state index contributed by atoms with van der Waals surface area (Å²) in [6, 6.07) is 15.2. The van der Waals surface area contributed by atoms with Crippen LogP contribution >= 0.6 is 0 Å². The molecule has 0 nitrogen and oxygen atoms in total. The third-order valence-corrected chi connectivity index (χ3v) is 2.65. The van der Waals surface area contributed by atoms with Crippen molar-refractivity contribution in [3.63, 3.8) is 0 Å². The van der Waals surface area contributed by atoms with Gasteiger partial charge in [-0.3, -0.25) is 0 Å². The van der Waals surface area contributed by atoms with Gasteiger partial charge in [0.05, 0.1) is 11.1 Å². The average Bonchev–Trinajstić information content (AvgIpc) is 2.20. The molecule has 16 heavy (non-hydrogen) atoms. The zero-order chi connectivity index (χ0) is 11.5. The molecular weight excluding hydrogens is 192 g/mol. The summed E-state index contributed by atoms with van der Waals surface area (Å²) in [5.41, 5.74) is 6.48. The quantitative estimate of drug-likeness (QED) is 0.650. The maximum absolute atomic E-state index is 2.22. The summed E-state index contributed by atoms with van der Waals surface area (Å²) in [5.74, 6) is 0. The van der Waals surface area contributed by atoms with Crippen molar-refractivity contribution in [2.45, 2.75) is 20.8 Å². The van der Waals surface area contributed by atoms with Crippen molar-refractivity contribution in [1.82, 2.24) is 0 Å². The molecular formula is C16H17+. The Bertz CT molecular complexity index is 458. The van der Waals surface area contributed by atoms with Crippen molar-refractivity contribution in [3.05, 3.63) is 76.7 Å². The Kier molecular flexibility index (Phi) is 3.00. The van der Waals surface area contributed by atoms with Crippen molar-refractivity contribution in [2.75, 3.05) is 0 Å². The molecule has 0 radical (unpaired) electrons. The lowest BCUT2D eigenvalue weighted by Gasteiger charge is -1.99. The van der Waals surface area contributed by atoms with Gasteiger partial charge >= 0.3 is 0 Å². The fraction of sp³-hybridized carbons (Fsp3) is 0.188. The predicted octanol–water partition coefficient (Wildman–Crippen LogP) is 4.21. The van der Waals surface area contributed by atoms with Gasteiger partial charge in [-0.05, 0) is 55.7 Å². The van der Waals surface area contributed by atoms with Crippen LogP contribution in [-0.4, -0.2) is 0 Å². The first-order chi connectivity index (χ1) is 7.63. The Morgan fingerprint density at radius 2 is 1.19 bits per heavy atom. The molecule has 2 aromatic rings. The summed E-state index contributed by atoms with van der Waals surface area (Å²) in [6.45, 7) is 6.39. The Balaban J connectivity index is 2.23. The Labute approximate surface area is 97.9 Å². The molecule has 0 heterocycles. The fourth-order valence-corrected chi connectivity index (χ4v) is 1.95. The van der Waals surface area contributed by atoms with E-state index in [1.165, 1.54) is 27.8 Å². The van der Waals surface area contributed by atoms with Crippen LogP contribution < -0.4 is 0 Å². The Morgan fingerprint density at radius 3 is 1.75 bits per heavy atom. The predicted molar refractivity (Wildman–Crippen MR) is 69.6 cm³/mol. The number of hydrogen-bond donors (Lipinski definition) is 0. The first-order valence-corrected chi connectivity index (χ1v) is 5.63. The highest BCUT2D eigenvalue weighted by atomic mass is 14.0. The highest BCUT2D eigenvalue weighted by Crippen LogP contribution is 2.16. The lowest BCUT2D eigenvalue weighted by molar-refractivity contribution is 1.32. The molecule has 0 N–H and O–H groups in total. The van der Waals surface area contributed by atoms with Gasteiger partial charge in [0.1, 0.15) is 0 Å². The minimum atomic E-state index is 1.26. The topological polar surface area (TPSA) is 0 Å². The van der Waals surface area contributed by atoms with Gasteiger partial charge in [0.15, 0.2) is 0 Å². The van der Waals surface area contributed by atoms with Gasteiger partial charge in [0, 0.05) is 30.7 Å². The molecule has 0 atom stereocenters. The zero-order valence-corrected chi connectivity index (χ0v) is 10.1. The highest BCUT2D eigenvalue weighted by molar-refractivity contribution is 5.41. The Morgan fingerprint density at radius 1 is 0.625 bits per heavy atom. The normalized spacial score (nSPS) is 10.2. The second-order valence-electron chi connectivity index (χ2n) is 4.48. The first kappa shape index (κ1) is 10.8. The SMILES string of the molecule is Cc1ccc([CH+]c2cc(C)cc(C)c2)cc1. The molecule has 0 amide bonds. The molecule has 2 rings (SSSR count). The second-order valence-corrected chi connectivity index (χ2v) is 4.48. The molecule has 0 spiro atoms. The zero-order valence-electron chi connectivity index (χ0n) is 10.1. The summed E-state index contributed by atoms with van der Waals surface area (Å²) >= 11 is 0. The third-order valence-electron chi connectivity index (χ3n) is 2.65. The molecule has 0 aromatic heterocycles. The minimum absolute atomic E-state index is 1.26. The number of hydrogen-bond acceptors (Lipinski definition) is 0. The van der Waals surface area contributed by atoms with Crippen LogP contribution in [0.5, 0.6) is 0 Å². The second kappa shape index (κ2) is 4.44. The van der Waals surface area contributed by atoms with E-state index in [1.54, 1.807) is 0 Å². The number of rotatable bonds is 2. The van der Waals surface area contributed by atoms with Crippen LogP contribution in [0.15, 0.2) is 42.5 Å². The molecule has 2 aromatic carbocycles. The van der Waals surface area contributed by atoms with E-state index in [0.717, 1.165) is 0 Å². The molecule has 0 fully saturated rings. The smallest absolute Gasteiger partial charge is 0.0406 e. The summed E-state index contributed by atoms with van der Waals surface area (Å²) in [5, 5.41) is 0. The summed E-state index contributed by atoms with van der Waals surface area (Å²) in [6.07, 6.45) is 2.22.